The second-order valence-electron chi connectivity index (χ2n) is 5.81. The Balaban J connectivity index is 1.45. The number of nitrogens with one attached hydrogen (secondary N) is 1. The van der Waals surface area contributed by atoms with Crippen LogP contribution in [0, 0.1) is 0 Å². The number of carbonyl (C=O) groups is 1. The summed E-state index contributed by atoms with van der Waals surface area (Å²) >= 11 is 0. The minimum absolute atomic E-state index is 0.160. The Morgan fingerprint density at radius 3 is 2.92 bits per heavy atom. The van der Waals surface area contributed by atoms with Gasteiger partial charge in [-0.1, -0.05) is 36.4 Å². The standard InChI is InChI=1S/C20H21NO3/c22-18(16-4-2-1-3-5-16)10-12-21-20(23)9-7-15-6-8-19-17(14-15)11-13-24-19/h1-9,14,18,22H,10-13H2,(H,21,23). The Bertz CT molecular complexity index is 725. The number of carbonyl (C=O) groups excluding carboxylic acids is 1. The molecule has 2 N–H and O–H groups in total. The van der Waals surface area contributed by atoms with E-state index in [1.165, 1.54) is 11.6 Å². The van der Waals surface area contributed by atoms with Crippen molar-refractivity contribution in [3.8, 4) is 5.75 Å². The molecule has 1 aliphatic rings. The minimum Gasteiger partial charge on any atom is -0.493 e. The van der Waals surface area contributed by atoms with E-state index in [1.807, 2.05) is 48.5 Å². The lowest BCUT2D eigenvalue weighted by Gasteiger charge is -2.10. The zero-order valence-electron chi connectivity index (χ0n) is 13.4. The van der Waals surface area contributed by atoms with E-state index in [-0.39, 0.29) is 5.91 Å². The van der Waals surface area contributed by atoms with Crippen molar-refractivity contribution < 1.29 is 14.6 Å². The molecule has 2 aromatic rings. The lowest BCUT2D eigenvalue weighted by Crippen LogP contribution is -2.23. The van der Waals surface area contributed by atoms with Crippen LogP contribution in [0.25, 0.3) is 6.08 Å². The summed E-state index contributed by atoms with van der Waals surface area (Å²) in [6.45, 7) is 1.16. The summed E-state index contributed by atoms with van der Waals surface area (Å²) in [4.78, 5) is 11.9. The first-order valence-electron chi connectivity index (χ1n) is 8.17. The number of aliphatic hydroxyl groups excluding tert-OH is 1. The van der Waals surface area contributed by atoms with E-state index < -0.39 is 6.10 Å². The molecule has 1 heterocycles. The summed E-state index contributed by atoms with van der Waals surface area (Å²) in [5.74, 6) is 0.776. The second kappa shape index (κ2) is 7.79. The van der Waals surface area contributed by atoms with Crippen LogP contribution in [-0.4, -0.2) is 24.2 Å². The molecule has 0 bridgehead atoms. The van der Waals surface area contributed by atoms with Gasteiger partial charge in [0, 0.05) is 19.0 Å². The Hall–Kier alpha value is -2.59. The van der Waals surface area contributed by atoms with Gasteiger partial charge in [0.15, 0.2) is 0 Å². The van der Waals surface area contributed by atoms with Crippen LogP contribution in [0.1, 0.15) is 29.2 Å². The van der Waals surface area contributed by atoms with Crippen molar-refractivity contribution >= 4 is 12.0 Å². The highest BCUT2D eigenvalue weighted by atomic mass is 16.5. The highest BCUT2D eigenvalue weighted by Gasteiger charge is 2.11. The van der Waals surface area contributed by atoms with Gasteiger partial charge in [0.05, 0.1) is 12.7 Å². The number of ether oxygens (including phenoxy) is 1. The number of fused-ring (bicyclic) bond motifs is 1. The Labute approximate surface area is 141 Å². The highest BCUT2D eigenvalue weighted by molar-refractivity contribution is 5.91. The van der Waals surface area contributed by atoms with Crippen LogP contribution in [0.15, 0.2) is 54.6 Å². The first-order valence-corrected chi connectivity index (χ1v) is 8.17. The van der Waals surface area contributed by atoms with E-state index in [0.29, 0.717) is 13.0 Å². The fourth-order valence-electron chi connectivity index (χ4n) is 2.71. The third-order valence-electron chi connectivity index (χ3n) is 4.04. The van der Waals surface area contributed by atoms with Gasteiger partial charge in [0.1, 0.15) is 5.75 Å². The van der Waals surface area contributed by atoms with Crippen LogP contribution in [0.5, 0.6) is 5.75 Å². The molecule has 124 valence electrons. The largest absolute Gasteiger partial charge is 0.493 e. The molecule has 0 saturated heterocycles. The molecule has 3 rings (SSSR count). The maximum atomic E-state index is 11.9. The zero-order chi connectivity index (χ0) is 16.8. The van der Waals surface area contributed by atoms with Crippen molar-refractivity contribution in [2.24, 2.45) is 0 Å². The lowest BCUT2D eigenvalue weighted by atomic mass is 10.1. The van der Waals surface area contributed by atoms with Crippen LogP contribution < -0.4 is 10.1 Å². The van der Waals surface area contributed by atoms with Crippen molar-refractivity contribution in [1.29, 1.82) is 0 Å². The number of amides is 1. The first kappa shape index (κ1) is 16.3. The number of hydrogen-bond donors (Lipinski definition) is 2. The highest BCUT2D eigenvalue weighted by Crippen LogP contribution is 2.26. The molecule has 4 heteroatoms. The van der Waals surface area contributed by atoms with Gasteiger partial charge in [-0.25, -0.2) is 0 Å². The van der Waals surface area contributed by atoms with Crippen LogP contribution in [0.4, 0.5) is 0 Å². The lowest BCUT2D eigenvalue weighted by molar-refractivity contribution is -0.116. The Morgan fingerprint density at radius 1 is 1.25 bits per heavy atom. The van der Waals surface area contributed by atoms with Gasteiger partial charge in [0.25, 0.3) is 0 Å². The fourth-order valence-corrected chi connectivity index (χ4v) is 2.71. The molecule has 0 radical (unpaired) electrons. The predicted molar refractivity (Wildman–Crippen MR) is 93.7 cm³/mol. The molecule has 1 amide bonds. The van der Waals surface area contributed by atoms with Crippen LogP contribution >= 0.6 is 0 Å². The Morgan fingerprint density at radius 2 is 2.08 bits per heavy atom. The summed E-state index contributed by atoms with van der Waals surface area (Å²) in [7, 11) is 0. The summed E-state index contributed by atoms with van der Waals surface area (Å²) in [6.07, 6.45) is 4.15. The third kappa shape index (κ3) is 4.24. The molecule has 0 fully saturated rings. The van der Waals surface area contributed by atoms with E-state index in [0.717, 1.165) is 29.9 Å². The zero-order valence-corrected chi connectivity index (χ0v) is 13.4. The molecule has 0 aliphatic carbocycles. The molecular formula is C20H21NO3. The molecule has 24 heavy (non-hydrogen) atoms. The van der Waals surface area contributed by atoms with Crippen LogP contribution in [0.3, 0.4) is 0 Å². The minimum atomic E-state index is -0.563. The maximum absolute atomic E-state index is 11.9. The van der Waals surface area contributed by atoms with Crippen LogP contribution in [0.2, 0.25) is 0 Å². The summed E-state index contributed by atoms with van der Waals surface area (Å²) in [5.41, 5.74) is 3.03. The van der Waals surface area contributed by atoms with E-state index >= 15 is 0 Å². The van der Waals surface area contributed by atoms with Crippen LogP contribution in [-0.2, 0) is 11.2 Å². The van der Waals surface area contributed by atoms with Crippen molar-refractivity contribution in [2.75, 3.05) is 13.2 Å². The van der Waals surface area contributed by atoms with Crippen molar-refractivity contribution in [1.82, 2.24) is 5.32 Å². The van der Waals surface area contributed by atoms with Crippen molar-refractivity contribution in [2.45, 2.75) is 18.9 Å². The van der Waals surface area contributed by atoms with Gasteiger partial charge in [0.2, 0.25) is 5.91 Å². The van der Waals surface area contributed by atoms with E-state index in [2.05, 4.69) is 5.32 Å². The molecule has 1 aliphatic heterocycles. The maximum Gasteiger partial charge on any atom is 0.244 e. The van der Waals surface area contributed by atoms with Gasteiger partial charge in [-0.15, -0.1) is 0 Å². The molecule has 0 aromatic heterocycles. The van der Waals surface area contributed by atoms with Crippen molar-refractivity contribution in [3.05, 3.63) is 71.3 Å². The molecule has 1 atom stereocenters. The molecule has 0 saturated carbocycles. The number of rotatable bonds is 6. The average molecular weight is 323 g/mol. The van der Waals surface area contributed by atoms with Gasteiger partial charge in [-0.05, 0) is 41.3 Å². The predicted octanol–water partition coefficient (Wildman–Crippen LogP) is 2.87. The normalized spacial score (nSPS) is 14.2. The summed E-state index contributed by atoms with van der Waals surface area (Å²) in [6, 6.07) is 15.4. The first-order chi connectivity index (χ1) is 11.7. The second-order valence-corrected chi connectivity index (χ2v) is 5.81. The fraction of sp³-hybridized carbons (Fsp3) is 0.250. The van der Waals surface area contributed by atoms with E-state index in [4.69, 9.17) is 4.74 Å². The topological polar surface area (TPSA) is 58.6 Å². The third-order valence-corrected chi connectivity index (χ3v) is 4.04. The molecule has 2 aromatic carbocycles. The molecule has 0 spiro atoms. The average Bonchev–Trinajstić information content (AvgIpc) is 3.08. The molecular weight excluding hydrogens is 302 g/mol. The Kier molecular flexibility index (Phi) is 5.29. The van der Waals surface area contributed by atoms with E-state index in [9.17, 15) is 9.90 Å². The smallest absolute Gasteiger partial charge is 0.244 e. The van der Waals surface area contributed by atoms with Gasteiger partial charge < -0.3 is 15.2 Å². The van der Waals surface area contributed by atoms with Gasteiger partial charge >= 0.3 is 0 Å². The summed E-state index contributed by atoms with van der Waals surface area (Å²) < 4.78 is 5.46. The molecule has 4 nitrogen and oxygen atoms in total. The number of aliphatic hydroxyl groups is 1. The summed E-state index contributed by atoms with van der Waals surface area (Å²) in [5, 5.41) is 12.8. The van der Waals surface area contributed by atoms with E-state index in [1.54, 1.807) is 6.08 Å². The quantitative estimate of drug-likeness (QED) is 0.804. The van der Waals surface area contributed by atoms with Crippen molar-refractivity contribution in [3.63, 3.8) is 0 Å². The van der Waals surface area contributed by atoms with Gasteiger partial charge in [-0.3, -0.25) is 4.79 Å². The molecule has 1 unspecified atom stereocenters. The van der Waals surface area contributed by atoms with Gasteiger partial charge in [-0.2, -0.15) is 0 Å². The SMILES string of the molecule is O=C(C=Cc1ccc2c(c1)CCO2)NCCC(O)c1ccccc1. The number of benzene rings is 2. The number of hydrogen-bond acceptors (Lipinski definition) is 3. The monoisotopic (exact) mass is 323 g/mol.